The standard InChI is InChI=1S/C6H10FO/c7-5-1-3-6(8)4-2-5/h5-6H,1-4H2. The summed E-state index contributed by atoms with van der Waals surface area (Å²) >= 11 is 0. The first-order chi connectivity index (χ1) is 3.79. The Morgan fingerprint density at radius 3 is 2.00 bits per heavy atom. The van der Waals surface area contributed by atoms with Gasteiger partial charge in [0, 0.05) is 0 Å². The van der Waals surface area contributed by atoms with Crippen molar-refractivity contribution >= 4 is 0 Å². The molecular formula is C6H10FO. The maximum absolute atomic E-state index is 12.2. The first kappa shape index (κ1) is 6.02. The van der Waals surface area contributed by atoms with Crippen molar-refractivity contribution in [3.05, 3.63) is 0 Å². The van der Waals surface area contributed by atoms with E-state index in [1.807, 2.05) is 0 Å². The molecule has 1 fully saturated rings. The molecule has 1 rings (SSSR count). The van der Waals surface area contributed by atoms with E-state index in [1.165, 1.54) is 0 Å². The summed E-state index contributed by atoms with van der Waals surface area (Å²) in [5.74, 6) is 0. The summed E-state index contributed by atoms with van der Waals surface area (Å²) < 4.78 is 12.2. The van der Waals surface area contributed by atoms with Crippen molar-refractivity contribution in [2.75, 3.05) is 0 Å². The summed E-state index contributed by atoms with van der Waals surface area (Å²) in [6, 6.07) is 0. The van der Waals surface area contributed by atoms with Gasteiger partial charge in [-0.3, -0.25) is 0 Å². The van der Waals surface area contributed by atoms with Crippen LogP contribution in [0.4, 0.5) is 4.39 Å². The van der Waals surface area contributed by atoms with Gasteiger partial charge in [-0.1, -0.05) is 0 Å². The molecule has 1 aliphatic rings. The van der Waals surface area contributed by atoms with Crippen molar-refractivity contribution in [1.82, 2.24) is 0 Å². The van der Waals surface area contributed by atoms with Crippen molar-refractivity contribution in [2.45, 2.75) is 38.0 Å². The highest BCUT2D eigenvalue weighted by Gasteiger charge is 2.18. The highest BCUT2D eigenvalue weighted by molar-refractivity contribution is 4.69. The zero-order valence-electron chi connectivity index (χ0n) is 4.77. The van der Waals surface area contributed by atoms with E-state index in [0.29, 0.717) is 25.7 Å². The molecule has 0 N–H and O–H groups in total. The number of hydrogen-bond acceptors (Lipinski definition) is 0. The van der Waals surface area contributed by atoms with Crippen LogP contribution in [0, 0.1) is 0 Å². The Kier molecular flexibility index (Phi) is 1.84. The van der Waals surface area contributed by atoms with E-state index in [4.69, 9.17) is 0 Å². The third-order valence-electron chi connectivity index (χ3n) is 1.60. The maximum atomic E-state index is 12.2. The van der Waals surface area contributed by atoms with Crippen molar-refractivity contribution in [3.63, 3.8) is 0 Å². The zero-order chi connectivity index (χ0) is 5.98. The maximum Gasteiger partial charge on any atom is 0.100 e. The molecule has 0 unspecified atom stereocenters. The Labute approximate surface area is 48.5 Å². The lowest BCUT2D eigenvalue weighted by Gasteiger charge is -2.17. The number of alkyl halides is 1. The SMILES string of the molecule is [O]C1CCC(F)CC1. The minimum absolute atomic E-state index is 0.470. The average Bonchev–Trinajstić information content (AvgIpc) is 1.77. The third kappa shape index (κ3) is 1.44. The monoisotopic (exact) mass is 117 g/mol. The largest absolute Gasteiger partial charge is 0.247 e. The Hall–Kier alpha value is -0.110. The fourth-order valence-electron chi connectivity index (χ4n) is 1.02. The lowest BCUT2D eigenvalue weighted by Crippen LogP contribution is -2.17. The van der Waals surface area contributed by atoms with Crippen LogP contribution in [0.25, 0.3) is 0 Å². The van der Waals surface area contributed by atoms with Gasteiger partial charge in [0.15, 0.2) is 0 Å². The molecule has 1 saturated carbocycles. The van der Waals surface area contributed by atoms with Crippen molar-refractivity contribution in [2.24, 2.45) is 0 Å². The first-order valence-corrected chi connectivity index (χ1v) is 3.09. The first-order valence-electron chi connectivity index (χ1n) is 3.09. The van der Waals surface area contributed by atoms with E-state index < -0.39 is 12.3 Å². The lowest BCUT2D eigenvalue weighted by atomic mass is 9.96. The Bertz CT molecular complexity index is 56.9. The molecule has 2 heteroatoms. The normalized spacial score (nSPS) is 39.8. The van der Waals surface area contributed by atoms with Gasteiger partial charge in [0.05, 0.1) is 6.10 Å². The van der Waals surface area contributed by atoms with E-state index >= 15 is 0 Å². The topological polar surface area (TPSA) is 19.9 Å². The fourth-order valence-corrected chi connectivity index (χ4v) is 1.02. The van der Waals surface area contributed by atoms with Crippen LogP contribution in [0.1, 0.15) is 25.7 Å². The van der Waals surface area contributed by atoms with E-state index in [9.17, 15) is 9.50 Å². The predicted molar refractivity (Wildman–Crippen MR) is 27.8 cm³/mol. The van der Waals surface area contributed by atoms with Crippen molar-refractivity contribution in [3.8, 4) is 0 Å². The molecule has 0 amide bonds. The van der Waals surface area contributed by atoms with Crippen LogP contribution in [-0.2, 0) is 5.11 Å². The molecule has 0 aromatic heterocycles. The van der Waals surface area contributed by atoms with Crippen LogP contribution in [0.2, 0.25) is 0 Å². The summed E-state index contributed by atoms with van der Waals surface area (Å²) in [7, 11) is 0. The van der Waals surface area contributed by atoms with Gasteiger partial charge in [0.2, 0.25) is 0 Å². The second kappa shape index (κ2) is 2.44. The Morgan fingerprint density at radius 2 is 1.62 bits per heavy atom. The van der Waals surface area contributed by atoms with Crippen LogP contribution in [-0.4, -0.2) is 12.3 Å². The molecule has 0 bridgehead atoms. The predicted octanol–water partition coefficient (Wildman–Crippen LogP) is 1.70. The molecule has 8 heavy (non-hydrogen) atoms. The molecule has 47 valence electrons. The molecular weight excluding hydrogens is 107 g/mol. The summed E-state index contributed by atoms with van der Waals surface area (Å²) in [5.41, 5.74) is 0. The molecule has 0 atom stereocenters. The van der Waals surface area contributed by atoms with E-state index in [-0.39, 0.29) is 0 Å². The molecule has 0 heterocycles. The van der Waals surface area contributed by atoms with Gasteiger partial charge in [-0.2, -0.15) is 0 Å². The average molecular weight is 117 g/mol. The van der Waals surface area contributed by atoms with E-state index in [2.05, 4.69) is 0 Å². The number of hydrogen-bond donors (Lipinski definition) is 0. The Balaban J connectivity index is 2.19. The summed E-state index contributed by atoms with van der Waals surface area (Å²) in [4.78, 5) is 0. The van der Waals surface area contributed by atoms with Gasteiger partial charge in [-0.25, -0.2) is 9.50 Å². The van der Waals surface area contributed by atoms with Crippen LogP contribution in [0.3, 0.4) is 0 Å². The minimum Gasteiger partial charge on any atom is -0.247 e. The third-order valence-corrected chi connectivity index (χ3v) is 1.60. The van der Waals surface area contributed by atoms with Crippen LogP contribution in [0.5, 0.6) is 0 Å². The van der Waals surface area contributed by atoms with E-state index in [0.717, 1.165) is 0 Å². The van der Waals surface area contributed by atoms with Crippen LogP contribution < -0.4 is 0 Å². The summed E-state index contributed by atoms with van der Waals surface area (Å²) in [6.45, 7) is 0. The molecule has 0 saturated heterocycles. The lowest BCUT2D eigenvalue weighted by molar-refractivity contribution is 0.0352. The van der Waals surface area contributed by atoms with Crippen molar-refractivity contribution in [1.29, 1.82) is 0 Å². The highest BCUT2D eigenvalue weighted by atomic mass is 19.1. The molecule has 1 nitrogen and oxygen atoms in total. The van der Waals surface area contributed by atoms with Crippen LogP contribution >= 0.6 is 0 Å². The van der Waals surface area contributed by atoms with Crippen LogP contribution in [0.15, 0.2) is 0 Å². The molecule has 1 radical (unpaired) electrons. The molecule has 0 spiro atoms. The summed E-state index contributed by atoms with van der Waals surface area (Å²) in [5, 5.41) is 10.5. The van der Waals surface area contributed by atoms with Gasteiger partial charge in [0.25, 0.3) is 0 Å². The minimum atomic E-state index is -0.680. The van der Waals surface area contributed by atoms with Gasteiger partial charge >= 0.3 is 0 Å². The second-order valence-electron chi connectivity index (χ2n) is 2.37. The van der Waals surface area contributed by atoms with E-state index in [1.54, 1.807) is 0 Å². The van der Waals surface area contributed by atoms with Crippen molar-refractivity contribution < 1.29 is 9.50 Å². The van der Waals surface area contributed by atoms with Gasteiger partial charge in [-0.15, -0.1) is 0 Å². The fraction of sp³-hybridized carbons (Fsp3) is 1.00. The highest BCUT2D eigenvalue weighted by Crippen LogP contribution is 2.20. The Morgan fingerprint density at radius 1 is 1.12 bits per heavy atom. The number of halogens is 1. The summed E-state index contributed by atoms with van der Waals surface area (Å²) in [6.07, 6.45) is 0.923. The molecule has 1 aliphatic carbocycles. The van der Waals surface area contributed by atoms with Gasteiger partial charge in [0.1, 0.15) is 6.17 Å². The van der Waals surface area contributed by atoms with Gasteiger partial charge in [-0.05, 0) is 25.7 Å². The number of rotatable bonds is 0. The van der Waals surface area contributed by atoms with Gasteiger partial charge < -0.3 is 0 Å². The molecule has 0 aliphatic heterocycles. The zero-order valence-corrected chi connectivity index (χ0v) is 4.77. The molecule has 0 aromatic carbocycles. The quantitative estimate of drug-likeness (QED) is 0.460. The smallest absolute Gasteiger partial charge is 0.100 e. The second-order valence-corrected chi connectivity index (χ2v) is 2.37. The molecule has 0 aromatic rings.